The summed E-state index contributed by atoms with van der Waals surface area (Å²) >= 11 is 0. The van der Waals surface area contributed by atoms with Gasteiger partial charge in [-0.15, -0.1) is 0 Å². The summed E-state index contributed by atoms with van der Waals surface area (Å²) in [5.74, 6) is 0.229. The van der Waals surface area contributed by atoms with Crippen molar-refractivity contribution in [2.45, 2.75) is 13.5 Å². The van der Waals surface area contributed by atoms with Crippen molar-refractivity contribution in [1.29, 1.82) is 0 Å². The first-order valence-corrected chi connectivity index (χ1v) is 8.37. The van der Waals surface area contributed by atoms with Crippen LogP contribution in [-0.2, 0) is 11.3 Å². The molecule has 0 aliphatic carbocycles. The van der Waals surface area contributed by atoms with Crippen LogP contribution in [0.15, 0.2) is 71.4 Å². The molecular formula is C20H16N4O3. The van der Waals surface area contributed by atoms with Crippen LogP contribution in [0.5, 0.6) is 0 Å². The van der Waals surface area contributed by atoms with E-state index in [1.54, 1.807) is 17.8 Å². The number of hydrogen-bond acceptors (Lipinski definition) is 6. The first kappa shape index (κ1) is 16.7. The quantitative estimate of drug-likeness (QED) is 0.506. The minimum absolute atomic E-state index is 0.0928. The Balaban J connectivity index is 1.67. The molecule has 0 aliphatic rings. The van der Waals surface area contributed by atoms with Crippen LogP contribution < -0.4 is 0 Å². The van der Waals surface area contributed by atoms with E-state index in [4.69, 9.17) is 9.26 Å². The van der Waals surface area contributed by atoms with Crippen LogP contribution in [0.4, 0.5) is 0 Å². The van der Waals surface area contributed by atoms with Crippen LogP contribution in [0.1, 0.15) is 22.1 Å². The summed E-state index contributed by atoms with van der Waals surface area (Å²) in [7, 11) is 0. The number of rotatable bonds is 5. The number of esters is 1. The van der Waals surface area contributed by atoms with Crippen LogP contribution in [0.2, 0.25) is 0 Å². The predicted molar refractivity (Wildman–Crippen MR) is 97.2 cm³/mol. The van der Waals surface area contributed by atoms with Gasteiger partial charge in [-0.25, -0.2) is 9.48 Å². The Hall–Kier alpha value is -3.74. The Kier molecular flexibility index (Phi) is 4.49. The smallest absolute Gasteiger partial charge is 0.342 e. The molecule has 0 fully saturated rings. The number of aromatic nitrogens is 4. The van der Waals surface area contributed by atoms with Crippen molar-refractivity contribution < 1.29 is 14.1 Å². The molecule has 134 valence electrons. The number of nitrogens with zero attached hydrogens (tertiary/aromatic N) is 4. The average Bonchev–Trinajstić information content (AvgIpc) is 3.34. The normalized spacial score (nSPS) is 10.7. The maximum Gasteiger partial charge on any atom is 0.342 e. The number of hydrogen-bond donors (Lipinski definition) is 0. The van der Waals surface area contributed by atoms with E-state index in [1.807, 2.05) is 60.7 Å². The number of carbonyl (C=O) groups is 1. The van der Waals surface area contributed by atoms with Gasteiger partial charge in [0, 0.05) is 11.8 Å². The molecule has 0 bridgehead atoms. The second-order valence-electron chi connectivity index (χ2n) is 5.85. The SMILES string of the molecule is Cc1noc(COC(=O)c2cn(-c3ccccc3)nc2-c2ccccc2)n1. The van der Waals surface area contributed by atoms with Gasteiger partial charge in [-0.05, 0) is 19.1 Å². The molecule has 4 rings (SSSR count). The van der Waals surface area contributed by atoms with E-state index in [0.29, 0.717) is 17.1 Å². The molecule has 2 aromatic heterocycles. The number of aryl methyl sites for hydroxylation is 1. The zero-order valence-electron chi connectivity index (χ0n) is 14.6. The van der Waals surface area contributed by atoms with E-state index >= 15 is 0 Å². The molecule has 2 heterocycles. The molecule has 7 nitrogen and oxygen atoms in total. The van der Waals surface area contributed by atoms with Gasteiger partial charge in [0.2, 0.25) is 0 Å². The third-order valence-electron chi connectivity index (χ3n) is 3.90. The van der Waals surface area contributed by atoms with Crippen LogP contribution in [0.3, 0.4) is 0 Å². The second-order valence-corrected chi connectivity index (χ2v) is 5.85. The Morgan fingerprint density at radius 2 is 1.78 bits per heavy atom. The fourth-order valence-corrected chi connectivity index (χ4v) is 2.65. The number of carbonyl (C=O) groups excluding carboxylic acids is 1. The lowest BCUT2D eigenvalue weighted by atomic mass is 10.1. The first-order chi connectivity index (χ1) is 13.2. The van der Waals surface area contributed by atoms with E-state index in [0.717, 1.165) is 11.3 Å². The summed E-state index contributed by atoms with van der Waals surface area (Å²) in [6, 6.07) is 19.1. The van der Waals surface area contributed by atoms with E-state index in [9.17, 15) is 4.79 Å². The molecule has 7 heteroatoms. The third-order valence-corrected chi connectivity index (χ3v) is 3.90. The molecule has 0 amide bonds. The van der Waals surface area contributed by atoms with Gasteiger partial charge >= 0.3 is 5.97 Å². The highest BCUT2D eigenvalue weighted by Gasteiger charge is 2.20. The van der Waals surface area contributed by atoms with Crippen LogP contribution >= 0.6 is 0 Å². The summed E-state index contributed by atoms with van der Waals surface area (Å²) in [6.45, 7) is 1.61. The number of para-hydroxylation sites is 1. The monoisotopic (exact) mass is 360 g/mol. The maximum atomic E-state index is 12.7. The van der Waals surface area contributed by atoms with Gasteiger partial charge < -0.3 is 9.26 Å². The minimum atomic E-state index is -0.508. The molecular weight excluding hydrogens is 344 g/mol. The lowest BCUT2D eigenvalue weighted by molar-refractivity contribution is 0.0430. The van der Waals surface area contributed by atoms with E-state index in [-0.39, 0.29) is 12.5 Å². The summed E-state index contributed by atoms with van der Waals surface area (Å²) in [5, 5.41) is 8.28. The Morgan fingerprint density at radius 3 is 2.44 bits per heavy atom. The summed E-state index contributed by atoms with van der Waals surface area (Å²) in [6.07, 6.45) is 1.67. The van der Waals surface area contributed by atoms with Crippen molar-refractivity contribution in [3.05, 3.63) is 84.1 Å². The van der Waals surface area contributed by atoms with Crippen LogP contribution in [-0.4, -0.2) is 25.9 Å². The molecule has 0 aliphatic heterocycles. The molecule has 0 N–H and O–H groups in total. The minimum Gasteiger partial charge on any atom is -0.452 e. The maximum absolute atomic E-state index is 12.7. The van der Waals surface area contributed by atoms with Gasteiger partial charge in [0.05, 0.1) is 5.69 Å². The standard InChI is InChI=1S/C20H16N4O3/c1-14-21-18(27-23-14)13-26-20(25)17-12-24(16-10-6-3-7-11-16)22-19(17)15-8-4-2-5-9-15/h2-12H,13H2,1H3. The molecule has 2 aromatic carbocycles. The molecule has 4 aromatic rings. The largest absolute Gasteiger partial charge is 0.452 e. The van der Waals surface area contributed by atoms with Crippen molar-refractivity contribution in [2.75, 3.05) is 0 Å². The molecule has 0 radical (unpaired) electrons. The van der Waals surface area contributed by atoms with Gasteiger partial charge in [0.1, 0.15) is 11.3 Å². The zero-order chi connectivity index (χ0) is 18.6. The molecule has 0 saturated carbocycles. The molecule has 0 spiro atoms. The van der Waals surface area contributed by atoms with Crippen molar-refractivity contribution in [3.8, 4) is 16.9 Å². The summed E-state index contributed by atoms with van der Waals surface area (Å²) in [5.41, 5.74) is 2.58. The highest BCUT2D eigenvalue weighted by molar-refractivity contribution is 5.96. The Labute approximate surface area is 155 Å². The lowest BCUT2D eigenvalue weighted by Crippen LogP contribution is -2.06. The zero-order valence-corrected chi connectivity index (χ0v) is 14.6. The molecule has 0 atom stereocenters. The van der Waals surface area contributed by atoms with E-state index in [2.05, 4.69) is 15.2 Å². The van der Waals surface area contributed by atoms with Gasteiger partial charge in [-0.1, -0.05) is 53.7 Å². The highest BCUT2D eigenvalue weighted by Crippen LogP contribution is 2.24. The molecule has 0 saturated heterocycles. The van der Waals surface area contributed by atoms with E-state index < -0.39 is 5.97 Å². The Bertz CT molecular complexity index is 1060. The summed E-state index contributed by atoms with van der Waals surface area (Å²) < 4.78 is 12.0. The van der Waals surface area contributed by atoms with Gasteiger partial charge in [0.15, 0.2) is 12.4 Å². The van der Waals surface area contributed by atoms with Crippen LogP contribution in [0.25, 0.3) is 16.9 Å². The Morgan fingerprint density at radius 1 is 1.07 bits per heavy atom. The molecule has 27 heavy (non-hydrogen) atoms. The fraction of sp³-hybridized carbons (Fsp3) is 0.100. The number of benzene rings is 2. The third kappa shape index (κ3) is 3.62. The van der Waals surface area contributed by atoms with Crippen molar-refractivity contribution in [1.82, 2.24) is 19.9 Å². The van der Waals surface area contributed by atoms with Crippen LogP contribution in [0, 0.1) is 6.92 Å². The number of ether oxygens (including phenoxy) is 1. The topological polar surface area (TPSA) is 83.0 Å². The lowest BCUT2D eigenvalue weighted by Gasteiger charge is -2.02. The first-order valence-electron chi connectivity index (χ1n) is 8.37. The van der Waals surface area contributed by atoms with E-state index in [1.165, 1.54) is 0 Å². The second kappa shape index (κ2) is 7.25. The fourth-order valence-electron chi connectivity index (χ4n) is 2.65. The predicted octanol–water partition coefficient (Wildman–Crippen LogP) is 3.59. The van der Waals surface area contributed by atoms with Gasteiger partial charge in [0.25, 0.3) is 5.89 Å². The van der Waals surface area contributed by atoms with Crippen molar-refractivity contribution in [2.24, 2.45) is 0 Å². The average molecular weight is 360 g/mol. The van der Waals surface area contributed by atoms with Gasteiger partial charge in [-0.2, -0.15) is 10.1 Å². The van der Waals surface area contributed by atoms with Crippen molar-refractivity contribution >= 4 is 5.97 Å². The van der Waals surface area contributed by atoms with Crippen molar-refractivity contribution in [3.63, 3.8) is 0 Å². The summed E-state index contributed by atoms with van der Waals surface area (Å²) in [4.78, 5) is 16.7. The molecule has 0 unspecified atom stereocenters. The van der Waals surface area contributed by atoms with Gasteiger partial charge in [-0.3, -0.25) is 0 Å². The highest BCUT2D eigenvalue weighted by atomic mass is 16.6.